The molecule has 0 saturated heterocycles. The molecule has 8 heteroatoms. The zero-order valence-corrected chi connectivity index (χ0v) is 17.8. The van der Waals surface area contributed by atoms with E-state index in [1.165, 1.54) is 18.9 Å². The molecule has 28 heavy (non-hydrogen) atoms. The number of anilines is 2. The Morgan fingerprint density at radius 1 is 1.11 bits per heavy atom. The van der Waals surface area contributed by atoms with Crippen molar-refractivity contribution in [2.24, 2.45) is 0 Å². The monoisotopic (exact) mass is 432 g/mol. The summed E-state index contributed by atoms with van der Waals surface area (Å²) in [5, 5.41) is 3.73. The van der Waals surface area contributed by atoms with Gasteiger partial charge in [-0.2, -0.15) is 0 Å². The number of halogens is 2. The standard InChI is InChI=1S/C20H18Cl2N4OS/c1-11-4-5-17(16(21)8-11)28-26-19-12(2)15(10-24-20(19)22)14-6-7-23-18(9-14)25-13(3)27/h4-10,26H,1-3H3,(H,23,25,27). The summed E-state index contributed by atoms with van der Waals surface area (Å²) < 4.78 is 3.27. The lowest BCUT2D eigenvalue weighted by molar-refractivity contribution is -0.114. The second-order valence-corrected chi connectivity index (χ2v) is 7.82. The number of hydrogen-bond acceptors (Lipinski definition) is 5. The van der Waals surface area contributed by atoms with Gasteiger partial charge in [0.1, 0.15) is 5.82 Å². The summed E-state index contributed by atoms with van der Waals surface area (Å²) in [5.74, 6) is 0.305. The van der Waals surface area contributed by atoms with Crippen LogP contribution in [0.15, 0.2) is 47.6 Å². The van der Waals surface area contributed by atoms with E-state index in [-0.39, 0.29) is 5.91 Å². The third-order valence-corrected chi connectivity index (χ3v) is 5.61. The number of carbonyl (C=O) groups excluding carboxylic acids is 1. The number of aromatic nitrogens is 2. The van der Waals surface area contributed by atoms with Gasteiger partial charge in [-0.3, -0.25) is 4.79 Å². The molecule has 0 fully saturated rings. The molecule has 0 radical (unpaired) electrons. The van der Waals surface area contributed by atoms with Gasteiger partial charge in [0.15, 0.2) is 5.15 Å². The lowest BCUT2D eigenvalue weighted by Gasteiger charge is -2.15. The van der Waals surface area contributed by atoms with Gasteiger partial charge in [-0.05, 0) is 66.8 Å². The summed E-state index contributed by atoms with van der Waals surface area (Å²) in [6.07, 6.45) is 3.35. The third-order valence-electron chi connectivity index (χ3n) is 4.02. The Hall–Kier alpha value is -2.28. The number of amides is 1. The molecule has 0 aliphatic heterocycles. The maximum absolute atomic E-state index is 11.3. The SMILES string of the molecule is CC(=O)Nc1cc(-c2cnc(Cl)c(NSc3ccc(C)cc3Cl)c2C)ccn1. The first-order valence-electron chi connectivity index (χ1n) is 8.43. The fraction of sp³-hybridized carbons (Fsp3) is 0.150. The zero-order valence-electron chi connectivity index (χ0n) is 15.5. The first-order valence-corrected chi connectivity index (χ1v) is 10.0. The van der Waals surface area contributed by atoms with Gasteiger partial charge >= 0.3 is 0 Å². The first kappa shape index (κ1) is 20.5. The molecular weight excluding hydrogens is 415 g/mol. The van der Waals surface area contributed by atoms with Crippen LogP contribution in [0.25, 0.3) is 11.1 Å². The fourth-order valence-electron chi connectivity index (χ4n) is 2.62. The number of benzene rings is 1. The average molecular weight is 433 g/mol. The second kappa shape index (κ2) is 8.82. The Kier molecular flexibility index (Phi) is 6.44. The quantitative estimate of drug-likeness (QED) is 0.374. The van der Waals surface area contributed by atoms with E-state index in [2.05, 4.69) is 20.0 Å². The normalized spacial score (nSPS) is 10.6. The van der Waals surface area contributed by atoms with Crippen LogP contribution in [0.3, 0.4) is 0 Å². The summed E-state index contributed by atoms with van der Waals surface area (Å²) in [7, 11) is 0. The Balaban J connectivity index is 1.91. The van der Waals surface area contributed by atoms with Gasteiger partial charge in [0, 0.05) is 29.8 Å². The average Bonchev–Trinajstić information content (AvgIpc) is 2.63. The highest BCUT2D eigenvalue weighted by atomic mass is 35.5. The van der Waals surface area contributed by atoms with E-state index in [9.17, 15) is 4.79 Å². The molecule has 0 aliphatic carbocycles. The Bertz CT molecular complexity index is 1040. The predicted octanol–water partition coefficient (Wildman–Crippen LogP) is 6.14. The van der Waals surface area contributed by atoms with Gasteiger partial charge in [0.25, 0.3) is 0 Å². The van der Waals surface area contributed by atoms with E-state index in [4.69, 9.17) is 23.2 Å². The Labute approximate surface area is 178 Å². The molecule has 0 spiro atoms. The zero-order chi connectivity index (χ0) is 20.3. The highest BCUT2D eigenvalue weighted by molar-refractivity contribution is 8.00. The van der Waals surface area contributed by atoms with E-state index in [0.717, 1.165) is 27.1 Å². The van der Waals surface area contributed by atoms with E-state index >= 15 is 0 Å². The molecule has 2 heterocycles. The summed E-state index contributed by atoms with van der Waals surface area (Å²) in [6.45, 7) is 5.39. The van der Waals surface area contributed by atoms with Crippen LogP contribution in [0, 0.1) is 13.8 Å². The smallest absolute Gasteiger partial charge is 0.222 e. The van der Waals surface area contributed by atoms with Crippen LogP contribution in [0.1, 0.15) is 18.1 Å². The van der Waals surface area contributed by atoms with E-state index in [1.807, 2.05) is 38.1 Å². The third kappa shape index (κ3) is 4.76. The molecule has 0 aliphatic rings. The van der Waals surface area contributed by atoms with Crippen molar-refractivity contribution in [3.05, 3.63) is 64.0 Å². The molecule has 0 atom stereocenters. The Morgan fingerprint density at radius 3 is 2.61 bits per heavy atom. The van der Waals surface area contributed by atoms with Gasteiger partial charge in [-0.25, -0.2) is 9.97 Å². The highest BCUT2D eigenvalue weighted by Gasteiger charge is 2.14. The molecule has 0 unspecified atom stereocenters. The van der Waals surface area contributed by atoms with Gasteiger partial charge in [-0.1, -0.05) is 29.3 Å². The topological polar surface area (TPSA) is 66.9 Å². The van der Waals surface area contributed by atoms with Crippen LogP contribution >= 0.6 is 35.1 Å². The van der Waals surface area contributed by atoms with E-state index in [0.29, 0.717) is 21.7 Å². The highest BCUT2D eigenvalue weighted by Crippen LogP contribution is 2.36. The number of nitrogens with zero attached hydrogens (tertiary/aromatic N) is 2. The molecule has 2 aromatic heterocycles. The second-order valence-electron chi connectivity index (χ2n) is 6.21. The number of pyridine rings is 2. The van der Waals surface area contributed by atoms with E-state index < -0.39 is 0 Å². The molecule has 5 nitrogen and oxygen atoms in total. The van der Waals surface area contributed by atoms with E-state index in [1.54, 1.807) is 18.5 Å². The molecule has 1 aromatic carbocycles. The van der Waals surface area contributed by atoms with Gasteiger partial charge in [0.05, 0.1) is 10.7 Å². The number of aryl methyl sites for hydroxylation is 1. The van der Waals surface area contributed by atoms with Gasteiger partial charge in [0.2, 0.25) is 5.91 Å². The summed E-state index contributed by atoms with van der Waals surface area (Å²) in [6, 6.07) is 9.53. The minimum absolute atomic E-state index is 0.177. The van der Waals surface area contributed by atoms with Gasteiger partial charge in [-0.15, -0.1) is 0 Å². The van der Waals surface area contributed by atoms with Crippen molar-refractivity contribution in [2.75, 3.05) is 10.0 Å². The molecule has 0 bridgehead atoms. The van der Waals surface area contributed by atoms with Crippen LogP contribution in [-0.2, 0) is 4.79 Å². The van der Waals surface area contributed by atoms with Crippen molar-refractivity contribution in [3.63, 3.8) is 0 Å². The molecule has 0 saturated carbocycles. The molecule has 144 valence electrons. The Morgan fingerprint density at radius 2 is 1.89 bits per heavy atom. The molecule has 3 rings (SSSR count). The number of nitrogens with one attached hydrogen (secondary N) is 2. The van der Waals surface area contributed by atoms with Crippen molar-refractivity contribution < 1.29 is 4.79 Å². The van der Waals surface area contributed by atoms with Crippen molar-refractivity contribution in [1.82, 2.24) is 9.97 Å². The van der Waals surface area contributed by atoms with Crippen molar-refractivity contribution >= 4 is 52.6 Å². The molecular formula is C20H18Cl2N4OS. The van der Waals surface area contributed by atoms with Crippen LogP contribution in [0.5, 0.6) is 0 Å². The summed E-state index contributed by atoms with van der Waals surface area (Å²) >= 11 is 14.0. The van der Waals surface area contributed by atoms with Crippen molar-refractivity contribution in [2.45, 2.75) is 25.7 Å². The minimum atomic E-state index is -0.177. The van der Waals surface area contributed by atoms with Gasteiger partial charge < -0.3 is 10.0 Å². The molecule has 2 N–H and O–H groups in total. The van der Waals surface area contributed by atoms with Crippen molar-refractivity contribution in [3.8, 4) is 11.1 Å². The maximum atomic E-state index is 11.3. The lowest BCUT2D eigenvalue weighted by Crippen LogP contribution is -2.07. The van der Waals surface area contributed by atoms with Crippen LogP contribution in [0.4, 0.5) is 11.5 Å². The number of rotatable bonds is 5. The minimum Gasteiger partial charge on any atom is -0.323 e. The van der Waals surface area contributed by atoms with Crippen LogP contribution in [0.2, 0.25) is 10.2 Å². The summed E-state index contributed by atoms with van der Waals surface area (Å²) in [5.41, 5.74) is 4.49. The van der Waals surface area contributed by atoms with Crippen LogP contribution < -0.4 is 10.0 Å². The maximum Gasteiger partial charge on any atom is 0.222 e. The first-order chi connectivity index (χ1) is 13.3. The fourth-order valence-corrected chi connectivity index (χ4v) is 4.02. The van der Waals surface area contributed by atoms with Crippen molar-refractivity contribution in [1.29, 1.82) is 0 Å². The largest absolute Gasteiger partial charge is 0.323 e. The summed E-state index contributed by atoms with van der Waals surface area (Å²) in [4.78, 5) is 20.6. The van der Waals surface area contributed by atoms with Crippen LogP contribution in [-0.4, -0.2) is 15.9 Å². The number of hydrogen-bond donors (Lipinski definition) is 2. The lowest BCUT2D eigenvalue weighted by atomic mass is 10.0. The molecule has 3 aromatic rings. The number of carbonyl (C=O) groups is 1. The molecule has 1 amide bonds. The predicted molar refractivity (Wildman–Crippen MR) is 117 cm³/mol.